The van der Waals surface area contributed by atoms with Crippen LogP contribution in [0.1, 0.15) is 19.8 Å². The summed E-state index contributed by atoms with van der Waals surface area (Å²) < 4.78 is 0. The maximum Gasteiger partial charge on any atom is 0.0546 e. The summed E-state index contributed by atoms with van der Waals surface area (Å²) in [6.07, 6.45) is 4.85. The minimum Gasteiger partial charge on any atom is -0.396 e. The second kappa shape index (κ2) is 5.79. The summed E-state index contributed by atoms with van der Waals surface area (Å²) in [5.74, 6) is 0. The maximum atomic E-state index is 8.74. The number of aliphatic hydroxyl groups is 2. The van der Waals surface area contributed by atoms with E-state index in [1.165, 1.54) is 0 Å². The van der Waals surface area contributed by atoms with E-state index in [9.17, 15) is 0 Å². The molecular weight excluding hydrogens is 116 g/mol. The molecule has 0 aromatic rings. The summed E-state index contributed by atoms with van der Waals surface area (Å²) in [6.45, 7) is 1.93. The zero-order valence-electron chi connectivity index (χ0n) is 5.75. The first-order chi connectivity index (χ1) is 4.27. The summed E-state index contributed by atoms with van der Waals surface area (Å²) in [5.41, 5.74) is 0. The number of hydrogen-bond acceptors (Lipinski definition) is 2. The molecule has 0 aromatic carbocycles. The average Bonchev–Trinajstić information content (AvgIpc) is 1.80. The lowest BCUT2D eigenvalue weighted by Crippen LogP contribution is -1.95. The Morgan fingerprint density at radius 1 is 1.44 bits per heavy atom. The second-order valence-electron chi connectivity index (χ2n) is 2.07. The first kappa shape index (κ1) is 8.66. The standard InChI is InChI=1S/C7H14O2/c1-7(9)5-3-2-4-6-8/h2-3,7-9H,4-6H2,1H3. The van der Waals surface area contributed by atoms with Gasteiger partial charge in [-0.25, -0.2) is 0 Å². The van der Waals surface area contributed by atoms with Crippen molar-refractivity contribution in [2.24, 2.45) is 0 Å². The van der Waals surface area contributed by atoms with Gasteiger partial charge in [0.2, 0.25) is 0 Å². The van der Waals surface area contributed by atoms with Gasteiger partial charge < -0.3 is 10.2 Å². The van der Waals surface area contributed by atoms with E-state index >= 15 is 0 Å². The summed E-state index contributed by atoms with van der Waals surface area (Å²) in [6, 6.07) is 0. The Hall–Kier alpha value is -0.340. The van der Waals surface area contributed by atoms with E-state index in [1.807, 2.05) is 12.2 Å². The molecule has 9 heavy (non-hydrogen) atoms. The van der Waals surface area contributed by atoms with Crippen molar-refractivity contribution in [3.63, 3.8) is 0 Å². The molecule has 0 radical (unpaired) electrons. The van der Waals surface area contributed by atoms with Gasteiger partial charge in [-0.2, -0.15) is 0 Å². The second-order valence-corrected chi connectivity index (χ2v) is 2.07. The largest absolute Gasteiger partial charge is 0.396 e. The summed E-state index contributed by atoms with van der Waals surface area (Å²) >= 11 is 0. The van der Waals surface area contributed by atoms with Crippen molar-refractivity contribution in [2.45, 2.75) is 25.9 Å². The van der Waals surface area contributed by atoms with Crippen LogP contribution < -0.4 is 0 Å². The van der Waals surface area contributed by atoms with Crippen LogP contribution in [0.4, 0.5) is 0 Å². The van der Waals surface area contributed by atoms with Gasteiger partial charge in [0.25, 0.3) is 0 Å². The first-order valence-corrected chi connectivity index (χ1v) is 3.21. The van der Waals surface area contributed by atoms with Crippen molar-refractivity contribution in [1.29, 1.82) is 0 Å². The Morgan fingerprint density at radius 3 is 2.56 bits per heavy atom. The molecule has 2 nitrogen and oxygen atoms in total. The molecule has 2 heteroatoms. The van der Waals surface area contributed by atoms with Crippen LogP contribution in [0.15, 0.2) is 12.2 Å². The summed E-state index contributed by atoms with van der Waals surface area (Å²) in [5, 5.41) is 17.1. The number of rotatable bonds is 4. The fraction of sp³-hybridized carbons (Fsp3) is 0.714. The lowest BCUT2D eigenvalue weighted by Gasteiger charge is -1.94. The molecule has 54 valence electrons. The zero-order chi connectivity index (χ0) is 7.11. The Kier molecular flexibility index (Phi) is 5.57. The van der Waals surface area contributed by atoms with E-state index in [4.69, 9.17) is 10.2 Å². The molecule has 0 saturated carbocycles. The highest BCUT2D eigenvalue weighted by molar-refractivity contribution is 4.82. The smallest absolute Gasteiger partial charge is 0.0546 e. The maximum absolute atomic E-state index is 8.74. The Labute approximate surface area is 55.8 Å². The van der Waals surface area contributed by atoms with Gasteiger partial charge in [0.05, 0.1) is 6.10 Å². The highest BCUT2D eigenvalue weighted by Gasteiger charge is 1.87. The monoisotopic (exact) mass is 130 g/mol. The van der Waals surface area contributed by atoms with Gasteiger partial charge >= 0.3 is 0 Å². The molecule has 0 fully saturated rings. The fourth-order valence-corrected chi connectivity index (χ4v) is 0.486. The van der Waals surface area contributed by atoms with E-state index in [0.717, 1.165) is 0 Å². The molecule has 0 aliphatic heterocycles. The molecular formula is C7H14O2. The molecule has 0 amide bonds. The molecule has 0 rings (SSSR count). The van der Waals surface area contributed by atoms with E-state index < -0.39 is 0 Å². The van der Waals surface area contributed by atoms with E-state index in [1.54, 1.807) is 6.92 Å². The van der Waals surface area contributed by atoms with E-state index in [2.05, 4.69) is 0 Å². The van der Waals surface area contributed by atoms with Gasteiger partial charge in [-0.05, 0) is 19.8 Å². The highest BCUT2D eigenvalue weighted by atomic mass is 16.3. The van der Waals surface area contributed by atoms with Crippen LogP contribution in [0.25, 0.3) is 0 Å². The Balaban J connectivity index is 3.04. The average molecular weight is 130 g/mol. The third-order valence-corrected chi connectivity index (χ3v) is 0.940. The highest BCUT2D eigenvalue weighted by Crippen LogP contribution is 1.91. The van der Waals surface area contributed by atoms with Crippen LogP contribution in [0.3, 0.4) is 0 Å². The normalized spacial score (nSPS) is 14.6. The van der Waals surface area contributed by atoms with Crippen LogP contribution >= 0.6 is 0 Å². The third-order valence-electron chi connectivity index (χ3n) is 0.940. The van der Waals surface area contributed by atoms with Crippen molar-refractivity contribution in [3.8, 4) is 0 Å². The van der Waals surface area contributed by atoms with Crippen molar-refractivity contribution >= 4 is 0 Å². The van der Waals surface area contributed by atoms with Gasteiger partial charge in [-0.3, -0.25) is 0 Å². The topological polar surface area (TPSA) is 40.5 Å². The van der Waals surface area contributed by atoms with Crippen LogP contribution in [-0.4, -0.2) is 22.9 Å². The van der Waals surface area contributed by atoms with Crippen LogP contribution in [0.2, 0.25) is 0 Å². The van der Waals surface area contributed by atoms with Gasteiger partial charge in [0.15, 0.2) is 0 Å². The summed E-state index contributed by atoms with van der Waals surface area (Å²) in [4.78, 5) is 0. The quantitative estimate of drug-likeness (QED) is 0.550. The molecule has 0 aromatic heterocycles. The molecule has 1 atom stereocenters. The Morgan fingerprint density at radius 2 is 2.11 bits per heavy atom. The molecule has 1 unspecified atom stereocenters. The van der Waals surface area contributed by atoms with Crippen molar-refractivity contribution in [2.75, 3.05) is 6.61 Å². The Bertz CT molecular complexity index is 77.0. The van der Waals surface area contributed by atoms with Crippen LogP contribution in [-0.2, 0) is 0 Å². The molecule has 0 spiro atoms. The SMILES string of the molecule is CC(O)CC=CCCO. The minimum absolute atomic E-state index is 0.191. The van der Waals surface area contributed by atoms with Gasteiger partial charge in [-0.1, -0.05) is 12.2 Å². The van der Waals surface area contributed by atoms with Gasteiger partial charge in [0, 0.05) is 6.61 Å². The molecule has 0 aliphatic rings. The van der Waals surface area contributed by atoms with Crippen molar-refractivity contribution in [1.82, 2.24) is 0 Å². The van der Waals surface area contributed by atoms with Gasteiger partial charge in [0.1, 0.15) is 0 Å². The lowest BCUT2D eigenvalue weighted by atomic mass is 10.2. The molecule has 0 aliphatic carbocycles. The summed E-state index contributed by atoms with van der Waals surface area (Å²) in [7, 11) is 0. The molecule has 0 saturated heterocycles. The minimum atomic E-state index is -0.264. The number of aliphatic hydroxyl groups excluding tert-OH is 2. The predicted octanol–water partition coefficient (Wildman–Crippen LogP) is 0.696. The number of hydrogen-bond donors (Lipinski definition) is 2. The predicted molar refractivity (Wildman–Crippen MR) is 37.1 cm³/mol. The fourth-order valence-electron chi connectivity index (χ4n) is 0.486. The van der Waals surface area contributed by atoms with E-state index in [0.29, 0.717) is 12.8 Å². The molecule has 2 N–H and O–H groups in total. The van der Waals surface area contributed by atoms with Crippen molar-refractivity contribution in [3.05, 3.63) is 12.2 Å². The first-order valence-electron chi connectivity index (χ1n) is 3.21. The van der Waals surface area contributed by atoms with Crippen LogP contribution in [0, 0.1) is 0 Å². The van der Waals surface area contributed by atoms with Gasteiger partial charge in [-0.15, -0.1) is 0 Å². The lowest BCUT2D eigenvalue weighted by molar-refractivity contribution is 0.198. The third kappa shape index (κ3) is 7.66. The van der Waals surface area contributed by atoms with Crippen molar-refractivity contribution < 1.29 is 10.2 Å². The molecule has 0 bridgehead atoms. The zero-order valence-corrected chi connectivity index (χ0v) is 5.75. The molecule has 0 heterocycles. The van der Waals surface area contributed by atoms with E-state index in [-0.39, 0.29) is 12.7 Å². The van der Waals surface area contributed by atoms with Crippen LogP contribution in [0.5, 0.6) is 0 Å².